The van der Waals surface area contributed by atoms with Gasteiger partial charge in [-0.3, -0.25) is 4.98 Å². The van der Waals surface area contributed by atoms with Gasteiger partial charge in [-0.1, -0.05) is 18.5 Å². The van der Waals surface area contributed by atoms with E-state index in [2.05, 4.69) is 4.98 Å². The summed E-state index contributed by atoms with van der Waals surface area (Å²) in [5.41, 5.74) is 1.62. The molecule has 2 aromatic rings. The van der Waals surface area contributed by atoms with Crippen molar-refractivity contribution in [2.75, 3.05) is 0 Å². The molecule has 0 spiro atoms. The maximum Gasteiger partial charge on any atom is 0.337 e. The van der Waals surface area contributed by atoms with Crippen LogP contribution >= 0.6 is 11.6 Å². The lowest BCUT2D eigenvalue weighted by molar-refractivity contribution is 0.0695. The number of rotatable bonds is 2. The van der Waals surface area contributed by atoms with Crippen molar-refractivity contribution in [1.29, 1.82) is 0 Å². The number of nitrogens with zero attached hydrogens (tertiary/aromatic N) is 1. The molecular formula is C12H10ClNO2. The van der Waals surface area contributed by atoms with Crippen molar-refractivity contribution in [3.8, 4) is 0 Å². The molecule has 3 nitrogen and oxygen atoms in total. The number of hydrogen-bond acceptors (Lipinski definition) is 2. The number of aromatic carboxylic acids is 1. The minimum atomic E-state index is -0.953. The van der Waals surface area contributed by atoms with Gasteiger partial charge in [0.1, 0.15) is 0 Å². The Morgan fingerprint density at radius 3 is 2.81 bits per heavy atom. The number of carbonyl (C=O) groups is 1. The first-order chi connectivity index (χ1) is 7.61. The van der Waals surface area contributed by atoms with Gasteiger partial charge in [-0.15, -0.1) is 0 Å². The minimum absolute atomic E-state index is 0.247. The van der Waals surface area contributed by atoms with E-state index < -0.39 is 5.97 Å². The zero-order chi connectivity index (χ0) is 11.7. The molecule has 1 heterocycles. The number of aromatic nitrogens is 1. The average molecular weight is 236 g/mol. The molecule has 16 heavy (non-hydrogen) atoms. The van der Waals surface area contributed by atoms with Gasteiger partial charge < -0.3 is 5.11 Å². The molecule has 1 N–H and O–H groups in total. The van der Waals surface area contributed by atoms with Crippen molar-refractivity contribution >= 4 is 28.5 Å². The quantitative estimate of drug-likeness (QED) is 0.870. The summed E-state index contributed by atoms with van der Waals surface area (Å²) in [6.07, 6.45) is 0.597. The molecule has 0 radical (unpaired) electrons. The molecule has 0 saturated carbocycles. The van der Waals surface area contributed by atoms with Crippen LogP contribution in [0.3, 0.4) is 0 Å². The third kappa shape index (κ3) is 1.86. The summed E-state index contributed by atoms with van der Waals surface area (Å²) in [6, 6.07) is 6.88. The van der Waals surface area contributed by atoms with Crippen LogP contribution in [0.4, 0.5) is 0 Å². The van der Waals surface area contributed by atoms with Crippen molar-refractivity contribution in [2.45, 2.75) is 13.3 Å². The molecule has 0 fully saturated rings. The Balaban J connectivity index is 2.75. The summed E-state index contributed by atoms with van der Waals surface area (Å²) >= 11 is 5.85. The van der Waals surface area contributed by atoms with E-state index in [0.717, 1.165) is 10.9 Å². The molecule has 0 aliphatic rings. The molecule has 0 bridgehead atoms. The zero-order valence-electron chi connectivity index (χ0n) is 8.70. The highest BCUT2D eigenvalue weighted by Crippen LogP contribution is 2.21. The Bertz CT molecular complexity index is 566. The molecule has 0 amide bonds. The van der Waals surface area contributed by atoms with E-state index in [4.69, 9.17) is 16.7 Å². The Kier molecular flexibility index (Phi) is 2.79. The van der Waals surface area contributed by atoms with E-state index in [1.54, 1.807) is 24.3 Å². The third-order valence-corrected chi connectivity index (χ3v) is 2.66. The van der Waals surface area contributed by atoms with E-state index in [1.165, 1.54) is 0 Å². The third-order valence-electron chi connectivity index (χ3n) is 2.42. The Morgan fingerprint density at radius 2 is 2.19 bits per heavy atom. The van der Waals surface area contributed by atoms with Crippen LogP contribution < -0.4 is 0 Å². The van der Waals surface area contributed by atoms with Gasteiger partial charge in [0.15, 0.2) is 0 Å². The Morgan fingerprint density at radius 1 is 1.44 bits per heavy atom. The van der Waals surface area contributed by atoms with E-state index in [1.807, 2.05) is 6.92 Å². The smallest absolute Gasteiger partial charge is 0.337 e. The molecule has 1 aromatic carbocycles. The van der Waals surface area contributed by atoms with Crippen LogP contribution in [-0.2, 0) is 6.42 Å². The Hall–Kier alpha value is -1.61. The van der Waals surface area contributed by atoms with Crippen molar-refractivity contribution < 1.29 is 9.90 Å². The molecule has 0 aliphatic carbocycles. The van der Waals surface area contributed by atoms with Crippen LogP contribution in [0.15, 0.2) is 24.3 Å². The van der Waals surface area contributed by atoms with E-state index in [9.17, 15) is 4.79 Å². The monoisotopic (exact) mass is 235 g/mol. The Labute approximate surface area is 97.7 Å². The molecule has 82 valence electrons. The number of halogens is 1. The van der Waals surface area contributed by atoms with Crippen LogP contribution in [0.2, 0.25) is 5.02 Å². The first kappa shape index (κ1) is 10.9. The number of carboxylic acids is 1. The van der Waals surface area contributed by atoms with E-state index in [0.29, 0.717) is 17.1 Å². The fraction of sp³-hybridized carbons (Fsp3) is 0.167. The van der Waals surface area contributed by atoms with Gasteiger partial charge in [0.2, 0.25) is 0 Å². The second kappa shape index (κ2) is 4.10. The van der Waals surface area contributed by atoms with Gasteiger partial charge in [-0.2, -0.15) is 0 Å². The molecule has 0 saturated heterocycles. The molecule has 2 rings (SSSR count). The fourth-order valence-corrected chi connectivity index (χ4v) is 1.82. The van der Waals surface area contributed by atoms with Gasteiger partial charge in [0.05, 0.1) is 16.8 Å². The van der Waals surface area contributed by atoms with Crippen molar-refractivity contribution in [3.05, 3.63) is 40.5 Å². The maximum absolute atomic E-state index is 11.0. The summed E-state index contributed by atoms with van der Waals surface area (Å²) in [7, 11) is 0. The average Bonchev–Trinajstić information content (AvgIpc) is 2.27. The van der Waals surface area contributed by atoms with Gasteiger partial charge in [0.25, 0.3) is 0 Å². The number of benzene rings is 1. The molecule has 0 unspecified atom stereocenters. The summed E-state index contributed by atoms with van der Waals surface area (Å²) in [6.45, 7) is 1.89. The molecule has 4 heteroatoms. The highest BCUT2D eigenvalue weighted by molar-refractivity contribution is 6.31. The SMILES string of the molecule is CCc1nc2ccc(Cl)cc2cc1C(=O)O. The number of pyridine rings is 1. The van der Waals surface area contributed by atoms with Crippen molar-refractivity contribution in [2.24, 2.45) is 0 Å². The van der Waals surface area contributed by atoms with Crippen molar-refractivity contribution in [1.82, 2.24) is 4.98 Å². The number of aryl methyl sites for hydroxylation is 1. The molecule has 0 atom stereocenters. The first-order valence-electron chi connectivity index (χ1n) is 4.94. The summed E-state index contributed by atoms with van der Waals surface area (Å²) in [5, 5.41) is 10.4. The fourth-order valence-electron chi connectivity index (χ4n) is 1.64. The zero-order valence-corrected chi connectivity index (χ0v) is 9.45. The number of hydrogen-bond donors (Lipinski definition) is 1. The van der Waals surface area contributed by atoms with E-state index in [-0.39, 0.29) is 5.56 Å². The highest BCUT2D eigenvalue weighted by Gasteiger charge is 2.11. The maximum atomic E-state index is 11.0. The van der Waals surface area contributed by atoms with Crippen LogP contribution in [0.5, 0.6) is 0 Å². The number of fused-ring (bicyclic) bond motifs is 1. The predicted octanol–water partition coefficient (Wildman–Crippen LogP) is 3.15. The van der Waals surface area contributed by atoms with E-state index >= 15 is 0 Å². The predicted molar refractivity (Wildman–Crippen MR) is 63.1 cm³/mol. The second-order valence-corrected chi connectivity index (χ2v) is 3.91. The first-order valence-corrected chi connectivity index (χ1v) is 5.32. The number of carboxylic acid groups (broad SMARTS) is 1. The summed E-state index contributed by atoms with van der Waals surface area (Å²) in [5.74, 6) is -0.953. The molecular weight excluding hydrogens is 226 g/mol. The summed E-state index contributed by atoms with van der Waals surface area (Å²) < 4.78 is 0. The van der Waals surface area contributed by atoms with Crippen LogP contribution in [-0.4, -0.2) is 16.1 Å². The highest BCUT2D eigenvalue weighted by atomic mass is 35.5. The van der Waals surface area contributed by atoms with Crippen LogP contribution in [0, 0.1) is 0 Å². The standard InChI is InChI=1S/C12H10ClNO2/c1-2-10-9(12(15)16)6-7-5-8(13)3-4-11(7)14-10/h3-6H,2H2,1H3,(H,15,16). The van der Waals surface area contributed by atoms with Gasteiger partial charge in [0, 0.05) is 10.4 Å². The van der Waals surface area contributed by atoms with Crippen molar-refractivity contribution in [3.63, 3.8) is 0 Å². The minimum Gasteiger partial charge on any atom is -0.478 e. The lowest BCUT2D eigenvalue weighted by Crippen LogP contribution is -2.04. The van der Waals surface area contributed by atoms with Gasteiger partial charge in [-0.05, 0) is 30.7 Å². The lowest BCUT2D eigenvalue weighted by Gasteiger charge is -2.05. The van der Waals surface area contributed by atoms with Crippen LogP contribution in [0.1, 0.15) is 23.0 Å². The normalized spacial score (nSPS) is 10.6. The largest absolute Gasteiger partial charge is 0.478 e. The molecule has 0 aliphatic heterocycles. The second-order valence-electron chi connectivity index (χ2n) is 3.48. The lowest BCUT2D eigenvalue weighted by atomic mass is 10.1. The molecule has 1 aromatic heterocycles. The van der Waals surface area contributed by atoms with Gasteiger partial charge >= 0.3 is 5.97 Å². The van der Waals surface area contributed by atoms with Crippen LogP contribution in [0.25, 0.3) is 10.9 Å². The van der Waals surface area contributed by atoms with Gasteiger partial charge in [-0.25, -0.2) is 4.79 Å². The summed E-state index contributed by atoms with van der Waals surface area (Å²) in [4.78, 5) is 15.4. The topological polar surface area (TPSA) is 50.2 Å².